The van der Waals surface area contributed by atoms with E-state index in [9.17, 15) is 4.79 Å². The maximum absolute atomic E-state index is 11.7. The number of nitrogens with zero attached hydrogens (tertiary/aromatic N) is 1. The molecule has 0 aromatic carbocycles. The van der Waals surface area contributed by atoms with Gasteiger partial charge in [0, 0.05) is 16.8 Å². The number of rotatable bonds is 3. The summed E-state index contributed by atoms with van der Waals surface area (Å²) < 4.78 is 0. The van der Waals surface area contributed by atoms with E-state index in [0.29, 0.717) is 0 Å². The van der Waals surface area contributed by atoms with Crippen molar-refractivity contribution < 1.29 is 4.79 Å². The van der Waals surface area contributed by atoms with E-state index in [2.05, 4.69) is 19.1 Å². The summed E-state index contributed by atoms with van der Waals surface area (Å²) >= 11 is 1.72. The van der Waals surface area contributed by atoms with Gasteiger partial charge in [-0.2, -0.15) is 0 Å². The van der Waals surface area contributed by atoms with Crippen molar-refractivity contribution in [2.24, 2.45) is 5.73 Å². The monoisotopic (exact) mass is 226 g/mol. The second-order valence-electron chi connectivity index (χ2n) is 3.86. The van der Waals surface area contributed by atoms with Crippen molar-refractivity contribution in [3.8, 4) is 0 Å². The van der Waals surface area contributed by atoms with Crippen molar-refractivity contribution in [2.45, 2.75) is 32.9 Å². The summed E-state index contributed by atoms with van der Waals surface area (Å²) in [6.07, 6.45) is 0. The molecule has 0 saturated heterocycles. The lowest BCUT2D eigenvalue weighted by molar-refractivity contribution is -0.132. The van der Waals surface area contributed by atoms with Crippen molar-refractivity contribution in [3.05, 3.63) is 21.9 Å². The highest BCUT2D eigenvalue weighted by molar-refractivity contribution is 7.12. The zero-order valence-electron chi connectivity index (χ0n) is 9.65. The van der Waals surface area contributed by atoms with E-state index in [-0.39, 0.29) is 11.9 Å². The zero-order valence-corrected chi connectivity index (χ0v) is 10.5. The van der Waals surface area contributed by atoms with E-state index in [0.717, 1.165) is 0 Å². The van der Waals surface area contributed by atoms with Crippen LogP contribution in [0.2, 0.25) is 0 Å². The Morgan fingerprint density at radius 1 is 1.47 bits per heavy atom. The highest BCUT2D eigenvalue weighted by Gasteiger charge is 2.20. The van der Waals surface area contributed by atoms with Crippen LogP contribution in [0.4, 0.5) is 0 Å². The van der Waals surface area contributed by atoms with Gasteiger partial charge in [-0.3, -0.25) is 4.79 Å². The van der Waals surface area contributed by atoms with Crippen LogP contribution in [-0.4, -0.2) is 23.9 Å². The molecule has 1 rings (SSSR count). The van der Waals surface area contributed by atoms with E-state index >= 15 is 0 Å². The highest BCUT2D eigenvalue weighted by atomic mass is 32.1. The van der Waals surface area contributed by atoms with Crippen LogP contribution < -0.4 is 5.73 Å². The third kappa shape index (κ3) is 2.79. The first-order valence-electron chi connectivity index (χ1n) is 5.02. The summed E-state index contributed by atoms with van der Waals surface area (Å²) in [7, 11) is 1.80. The average Bonchev–Trinajstić information content (AvgIpc) is 2.61. The van der Waals surface area contributed by atoms with Crippen molar-refractivity contribution in [2.75, 3.05) is 7.05 Å². The number of aryl methyl sites for hydroxylation is 1. The van der Waals surface area contributed by atoms with Gasteiger partial charge in [-0.25, -0.2) is 0 Å². The molecule has 1 aromatic heterocycles. The predicted molar refractivity (Wildman–Crippen MR) is 63.9 cm³/mol. The van der Waals surface area contributed by atoms with Crippen LogP contribution in [-0.2, 0) is 4.79 Å². The van der Waals surface area contributed by atoms with Crippen LogP contribution in [0.3, 0.4) is 0 Å². The van der Waals surface area contributed by atoms with Gasteiger partial charge in [-0.15, -0.1) is 11.3 Å². The van der Waals surface area contributed by atoms with E-state index in [1.165, 1.54) is 9.75 Å². The van der Waals surface area contributed by atoms with Crippen molar-refractivity contribution in [1.29, 1.82) is 0 Å². The Hall–Kier alpha value is -0.870. The molecule has 1 amide bonds. The molecule has 0 spiro atoms. The lowest BCUT2D eigenvalue weighted by Crippen LogP contribution is -2.40. The molecular formula is C11H18N2OS. The van der Waals surface area contributed by atoms with Gasteiger partial charge >= 0.3 is 0 Å². The van der Waals surface area contributed by atoms with E-state index < -0.39 is 6.04 Å². The van der Waals surface area contributed by atoms with Crippen molar-refractivity contribution >= 4 is 17.2 Å². The molecule has 0 saturated carbocycles. The first-order valence-corrected chi connectivity index (χ1v) is 5.83. The lowest BCUT2D eigenvalue weighted by atomic mass is 10.2. The molecule has 0 radical (unpaired) electrons. The normalized spacial score (nSPS) is 14.7. The largest absolute Gasteiger partial charge is 0.337 e. The van der Waals surface area contributed by atoms with Crippen molar-refractivity contribution in [3.63, 3.8) is 0 Å². The standard InChI is InChI=1S/C11H18N2OS/c1-7-5-6-10(15-7)9(3)13(4)11(14)8(2)12/h5-6,8-9H,12H2,1-4H3/t8-,9?/m1/s1. The fraction of sp³-hybridized carbons (Fsp3) is 0.545. The van der Waals surface area contributed by atoms with E-state index in [4.69, 9.17) is 5.73 Å². The Bertz CT molecular complexity index is 346. The summed E-state index contributed by atoms with van der Waals surface area (Å²) in [5.41, 5.74) is 5.57. The summed E-state index contributed by atoms with van der Waals surface area (Å²) in [6.45, 7) is 5.80. The maximum Gasteiger partial charge on any atom is 0.239 e. The molecule has 2 N–H and O–H groups in total. The predicted octanol–water partition coefficient (Wildman–Crippen LogP) is 1.92. The Balaban J connectivity index is 2.76. The lowest BCUT2D eigenvalue weighted by Gasteiger charge is -2.25. The topological polar surface area (TPSA) is 46.3 Å². The molecule has 1 aromatic rings. The van der Waals surface area contributed by atoms with Crippen molar-refractivity contribution in [1.82, 2.24) is 4.90 Å². The minimum Gasteiger partial charge on any atom is -0.337 e. The summed E-state index contributed by atoms with van der Waals surface area (Å²) in [5.74, 6) is -0.0199. The quantitative estimate of drug-likeness (QED) is 0.856. The number of amides is 1. The maximum atomic E-state index is 11.7. The highest BCUT2D eigenvalue weighted by Crippen LogP contribution is 2.26. The Labute approximate surface area is 94.9 Å². The fourth-order valence-electron chi connectivity index (χ4n) is 1.38. The molecular weight excluding hydrogens is 208 g/mol. The van der Waals surface area contributed by atoms with Crippen LogP contribution >= 0.6 is 11.3 Å². The zero-order chi connectivity index (χ0) is 11.6. The number of likely N-dealkylation sites (N-methyl/N-ethyl adjacent to an activating group) is 1. The third-order valence-corrected chi connectivity index (χ3v) is 3.66. The van der Waals surface area contributed by atoms with Gasteiger partial charge in [0.2, 0.25) is 5.91 Å². The minimum atomic E-state index is -0.432. The summed E-state index contributed by atoms with van der Waals surface area (Å²) in [6, 6.07) is 3.80. The molecule has 4 heteroatoms. The van der Waals surface area contributed by atoms with Gasteiger partial charge in [-0.1, -0.05) is 0 Å². The molecule has 0 aliphatic carbocycles. The minimum absolute atomic E-state index is 0.0199. The third-order valence-electron chi connectivity index (χ3n) is 2.49. The van der Waals surface area contributed by atoms with Crippen LogP contribution in [0.1, 0.15) is 29.6 Å². The fourth-order valence-corrected chi connectivity index (χ4v) is 2.35. The number of carbonyl (C=O) groups excluding carboxylic acids is 1. The van der Waals surface area contributed by atoms with Crippen LogP contribution in [0, 0.1) is 6.92 Å². The molecule has 84 valence electrons. The second kappa shape index (κ2) is 4.77. The SMILES string of the molecule is Cc1ccc(C(C)N(C)C(=O)[C@@H](C)N)s1. The molecule has 1 unspecified atom stereocenters. The van der Waals surface area contributed by atoms with Gasteiger partial charge in [0.25, 0.3) is 0 Å². The number of thiophene rings is 1. The second-order valence-corrected chi connectivity index (χ2v) is 5.18. The Morgan fingerprint density at radius 2 is 2.07 bits per heavy atom. The molecule has 3 nitrogen and oxygen atoms in total. The smallest absolute Gasteiger partial charge is 0.239 e. The van der Waals surface area contributed by atoms with Gasteiger partial charge in [0.1, 0.15) is 0 Å². The van der Waals surface area contributed by atoms with Crippen LogP contribution in [0.5, 0.6) is 0 Å². The summed E-state index contributed by atoms with van der Waals surface area (Å²) in [5, 5.41) is 0. The molecule has 1 heterocycles. The first kappa shape index (κ1) is 12.2. The molecule has 2 atom stereocenters. The number of nitrogens with two attached hydrogens (primary N) is 1. The van der Waals surface area contributed by atoms with Gasteiger partial charge in [0.05, 0.1) is 12.1 Å². The Kier molecular flexibility index (Phi) is 3.88. The molecule has 0 aliphatic heterocycles. The van der Waals surface area contributed by atoms with Gasteiger partial charge < -0.3 is 10.6 Å². The molecule has 15 heavy (non-hydrogen) atoms. The molecule has 0 aliphatic rings. The molecule has 0 bridgehead atoms. The summed E-state index contributed by atoms with van der Waals surface area (Å²) in [4.78, 5) is 15.8. The van der Waals surface area contributed by atoms with Crippen LogP contribution in [0.15, 0.2) is 12.1 Å². The van der Waals surface area contributed by atoms with E-state index in [1.54, 1.807) is 30.2 Å². The number of carbonyl (C=O) groups is 1. The Morgan fingerprint density at radius 3 is 2.47 bits per heavy atom. The first-order chi connectivity index (χ1) is 6.93. The van der Waals surface area contributed by atoms with Crippen LogP contribution in [0.25, 0.3) is 0 Å². The molecule has 0 fully saturated rings. The van der Waals surface area contributed by atoms with Gasteiger partial charge in [0.15, 0.2) is 0 Å². The average molecular weight is 226 g/mol. The van der Waals surface area contributed by atoms with Gasteiger partial charge in [-0.05, 0) is 32.9 Å². The van der Waals surface area contributed by atoms with E-state index in [1.807, 2.05) is 6.92 Å². The number of hydrogen-bond donors (Lipinski definition) is 1. The number of hydrogen-bond acceptors (Lipinski definition) is 3.